The number of aryl methyl sites for hydroxylation is 1. The minimum absolute atomic E-state index is 0.0563. The Morgan fingerprint density at radius 1 is 1.09 bits per heavy atom. The molecule has 1 amide bonds. The fraction of sp³-hybridized carbons (Fsp3) is 0.167. The van der Waals surface area contributed by atoms with Gasteiger partial charge in [0, 0.05) is 24.6 Å². The van der Waals surface area contributed by atoms with Gasteiger partial charge in [0.05, 0.1) is 11.1 Å². The normalized spacial score (nSPS) is 10.6. The van der Waals surface area contributed by atoms with Crippen molar-refractivity contribution in [2.75, 3.05) is 11.4 Å². The average molecular weight is 291 g/mol. The quantitative estimate of drug-likeness (QED) is 0.740. The van der Waals surface area contributed by atoms with E-state index >= 15 is 0 Å². The predicted molar refractivity (Wildman–Crippen MR) is 88.1 cm³/mol. The zero-order chi connectivity index (χ0) is 15.5. The van der Waals surface area contributed by atoms with Crippen molar-refractivity contribution in [2.24, 2.45) is 0 Å². The standard InChI is InChI=1S/C18H17N3O/c1-3-21(14-7-4-6-13(2)12-14)18(22)15-8-5-9-16-17(15)20-11-10-19-16/h4-12H,3H2,1-2H3. The van der Waals surface area contributed by atoms with Crippen LogP contribution in [0.4, 0.5) is 5.69 Å². The molecule has 0 aliphatic heterocycles. The molecule has 1 heterocycles. The number of benzene rings is 2. The summed E-state index contributed by atoms with van der Waals surface area (Å²) in [6, 6.07) is 13.5. The Bertz CT molecular complexity index is 824. The maximum atomic E-state index is 13.0. The maximum absolute atomic E-state index is 13.0. The molecule has 22 heavy (non-hydrogen) atoms. The summed E-state index contributed by atoms with van der Waals surface area (Å²) >= 11 is 0. The molecule has 0 atom stereocenters. The summed E-state index contributed by atoms with van der Waals surface area (Å²) in [5.74, 6) is -0.0563. The zero-order valence-corrected chi connectivity index (χ0v) is 12.7. The van der Waals surface area contributed by atoms with Crippen molar-refractivity contribution in [3.05, 3.63) is 66.0 Å². The Morgan fingerprint density at radius 3 is 2.64 bits per heavy atom. The van der Waals surface area contributed by atoms with E-state index in [-0.39, 0.29) is 5.91 Å². The van der Waals surface area contributed by atoms with Gasteiger partial charge in [0.2, 0.25) is 0 Å². The third-order valence-electron chi connectivity index (χ3n) is 3.60. The van der Waals surface area contributed by atoms with Gasteiger partial charge >= 0.3 is 0 Å². The lowest BCUT2D eigenvalue weighted by Gasteiger charge is -2.22. The number of carbonyl (C=O) groups is 1. The second-order valence-corrected chi connectivity index (χ2v) is 5.12. The molecular formula is C18H17N3O. The van der Waals surface area contributed by atoms with Crippen molar-refractivity contribution in [3.63, 3.8) is 0 Å². The molecule has 0 saturated heterocycles. The highest BCUT2D eigenvalue weighted by Crippen LogP contribution is 2.21. The van der Waals surface area contributed by atoms with Crippen LogP contribution in [0.2, 0.25) is 0 Å². The predicted octanol–water partition coefficient (Wildman–Crippen LogP) is 3.60. The SMILES string of the molecule is CCN(C(=O)c1cccc2nccnc12)c1cccc(C)c1. The molecule has 3 aromatic rings. The maximum Gasteiger partial charge on any atom is 0.260 e. The van der Waals surface area contributed by atoms with Gasteiger partial charge < -0.3 is 4.90 Å². The van der Waals surface area contributed by atoms with E-state index in [2.05, 4.69) is 9.97 Å². The van der Waals surface area contributed by atoms with Crippen LogP contribution in [-0.2, 0) is 0 Å². The Labute approximate surface area is 129 Å². The topological polar surface area (TPSA) is 46.1 Å². The van der Waals surface area contributed by atoms with Crippen LogP contribution in [-0.4, -0.2) is 22.4 Å². The number of hydrogen-bond donors (Lipinski definition) is 0. The van der Waals surface area contributed by atoms with Gasteiger partial charge in [0.25, 0.3) is 5.91 Å². The average Bonchev–Trinajstić information content (AvgIpc) is 2.55. The lowest BCUT2D eigenvalue weighted by molar-refractivity contribution is 0.0989. The van der Waals surface area contributed by atoms with Gasteiger partial charge in [-0.2, -0.15) is 0 Å². The van der Waals surface area contributed by atoms with Gasteiger partial charge in [-0.3, -0.25) is 14.8 Å². The number of fused-ring (bicyclic) bond motifs is 1. The first-order chi connectivity index (χ1) is 10.7. The second kappa shape index (κ2) is 5.93. The van der Waals surface area contributed by atoms with Crippen LogP contribution in [0.25, 0.3) is 11.0 Å². The Hall–Kier alpha value is -2.75. The summed E-state index contributed by atoms with van der Waals surface area (Å²) in [6.45, 7) is 4.58. The smallest absolute Gasteiger partial charge is 0.260 e. The number of amides is 1. The third kappa shape index (κ3) is 2.55. The molecule has 0 unspecified atom stereocenters. The second-order valence-electron chi connectivity index (χ2n) is 5.12. The van der Waals surface area contributed by atoms with Crippen molar-refractivity contribution in [1.29, 1.82) is 0 Å². The van der Waals surface area contributed by atoms with Gasteiger partial charge in [0.15, 0.2) is 0 Å². The lowest BCUT2D eigenvalue weighted by atomic mass is 10.1. The van der Waals surface area contributed by atoms with Crippen LogP contribution in [0, 0.1) is 6.92 Å². The van der Waals surface area contributed by atoms with Gasteiger partial charge in [-0.25, -0.2) is 0 Å². The summed E-state index contributed by atoms with van der Waals surface area (Å²) < 4.78 is 0. The van der Waals surface area contributed by atoms with Crippen LogP contribution >= 0.6 is 0 Å². The number of hydrogen-bond acceptors (Lipinski definition) is 3. The molecule has 0 aliphatic carbocycles. The molecule has 110 valence electrons. The highest BCUT2D eigenvalue weighted by atomic mass is 16.2. The number of carbonyl (C=O) groups excluding carboxylic acids is 1. The number of anilines is 1. The van der Waals surface area contributed by atoms with Gasteiger partial charge in [-0.15, -0.1) is 0 Å². The molecule has 0 aliphatic rings. The Kier molecular flexibility index (Phi) is 3.83. The lowest BCUT2D eigenvalue weighted by Crippen LogP contribution is -2.31. The van der Waals surface area contributed by atoms with E-state index in [9.17, 15) is 4.79 Å². The summed E-state index contributed by atoms with van der Waals surface area (Å²) in [4.78, 5) is 23.3. The van der Waals surface area contributed by atoms with E-state index in [0.717, 1.165) is 16.8 Å². The molecule has 0 bridgehead atoms. The molecule has 0 spiro atoms. The van der Waals surface area contributed by atoms with Crippen LogP contribution in [0.5, 0.6) is 0 Å². The van der Waals surface area contributed by atoms with Crippen molar-refractivity contribution in [3.8, 4) is 0 Å². The minimum atomic E-state index is -0.0563. The zero-order valence-electron chi connectivity index (χ0n) is 12.7. The van der Waals surface area contributed by atoms with Crippen LogP contribution in [0.1, 0.15) is 22.8 Å². The number of para-hydroxylation sites is 1. The van der Waals surface area contributed by atoms with E-state index in [1.807, 2.05) is 50.2 Å². The van der Waals surface area contributed by atoms with E-state index in [1.54, 1.807) is 23.4 Å². The summed E-state index contributed by atoms with van der Waals surface area (Å²) in [5, 5.41) is 0. The summed E-state index contributed by atoms with van der Waals surface area (Å²) in [7, 11) is 0. The first-order valence-corrected chi connectivity index (χ1v) is 7.29. The molecule has 4 heteroatoms. The Balaban J connectivity index is 2.07. The highest BCUT2D eigenvalue weighted by Gasteiger charge is 2.19. The van der Waals surface area contributed by atoms with Crippen molar-refractivity contribution < 1.29 is 4.79 Å². The fourth-order valence-corrected chi connectivity index (χ4v) is 2.55. The summed E-state index contributed by atoms with van der Waals surface area (Å²) in [5.41, 5.74) is 3.97. The monoisotopic (exact) mass is 291 g/mol. The molecule has 1 aromatic heterocycles. The molecule has 0 radical (unpaired) electrons. The number of rotatable bonds is 3. The van der Waals surface area contributed by atoms with Crippen LogP contribution in [0.3, 0.4) is 0 Å². The van der Waals surface area contributed by atoms with Gasteiger partial charge in [0.1, 0.15) is 5.52 Å². The molecular weight excluding hydrogens is 274 g/mol. The van der Waals surface area contributed by atoms with Crippen molar-refractivity contribution in [2.45, 2.75) is 13.8 Å². The van der Waals surface area contributed by atoms with Crippen molar-refractivity contribution >= 4 is 22.6 Å². The van der Waals surface area contributed by atoms with Crippen LogP contribution < -0.4 is 4.90 Å². The Morgan fingerprint density at radius 2 is 1.86 bits per heavy atom. The molecule has 0 saturated carbocycles. The largest absolute Gasteiger partial charge is 0.309 e. The molecule has 2 aromatic carbocycles. The van der Waals surface area contributed by atoms with E-state index in [0.29, 0.717) is 17.6 Å². The van der Waals surface area contributed by atoms with E-state index < -0.39 is 0 Å². The first kappa shape index (κ1) is 14.2. The van der Waals surface area contributed by atoms with E-state index in [1.165, 1.54) is 0 Å². The van der Waals surface area contributed by atoms with Gasteiger partial charge in [-0.1, -0.05) is 18.2 Å². The van der Waals surface area contributed by atoms with Crippen molar-refractivity contribution in [1.82, 2.24) is 9.97 Å². The van der Waals surface area contributed by atoms with Crippen LogP contribution in [0.15, 0.2) is 54.9 Å². The molecule has 4 nitrogen and oxygen atoms in total. The first-order valence-electron chi connectivity index (χ1n) is 7.29. The van der Waals surface area contributed by atoms with E-state index in [4.69, 9.17) is 0 Å². The van der Waals surface area contributed by atoms with Gasteiger partial charge in [-0.05, 0) is 43.7 Å². The minimum Gasteiger partial charge on any atom is -0.309 e. The molecule has 0 fully saturated rings. The number of aromatic nitrogens is 2. The number of nitrogens with zero attached hydrogens (tertiary/aromatic N) is 3. The molecule has 0 N–H and O–H groups in total. The fourth-order valence-electron chi connectivity index (χ4n) is 2.55. The molecule has 3 rings (SSSR count). The third-order valence-corrected chi connectivity index (χ3v) is 3.60. The highest BCUT2D eigenvalue weighted by molar-refractivity contribution is 6.12. The summed E-state index contributed by atoms with van der Waals surface area (Å²) in [6.07, 6.45) is 3.25.